The molecule has 1 saturated heterocycles. The summed E-state index contributed by atoms with van der Waals surface area (Å²) in [4.78, 5) is 13.7. The Kier molecular flexibility index (Phi) is 3.99. The highest BCUT2D eigenvalue weighted by molar-refractivity contribution is 7.85. The van der Waals surface area contributed by atoms with Crippen molar-refractivity contribution in [3.63, 3.8) is 0 Å². The molecule has 2 aromatic heterocycles. The summed E-state index contributed by atoms with van der Waals surface area (Å²) >= 11 is 1.67. The van der Waals surface area contributed by atoms with Crippen LogP contribution in [0.1, 0.15) is 30.1 Å². The van der Waals surface area contributed by atoms with Crippen molar-refractivity contribution in [1.29, 1.82) is 0 Å². The van der Waals surface area contributed by atoms with Crippen LogP contribution in [-0.4, -0.2) is 42.7 Å². The van der Waals surface area contributed by atoms with Gasteiger partial charge in [-0.2, -0.15) is 0 Å². The zero-order valence-electron chi connectivity index (χ0n) is 13.5. The fraction of sp³-hybridized carbons (Fsp3) is 0.600. The molecular formula is C15H22N4OS2. The standard InChI is InChI=1S/C15H22N4OS2/c1-9-10(2)21-14-12(9)13(16)17-11(18-14)7-19-5-6-22(20)8-15(19,3)4/h5-8H2,1-4H3,(H2,16,17,18). The molecule has 3 heterocycles. The van der Waals surface area contributed by atoms with Crippen LogP contribution in [0.25, 0.3) is 10.2 Å². The monoisotopic (exact) mass is 338 g/mol. The van der Waals surface area contributed by atoms with E-state index in [0.29, 0.717) is 18.1 Å². The number of aryl methyl sites for hydroxylation is 2. The van der Waals surface area contributed by atoms with Crippen LogP contribution < -0.4 is 5.73 Å². The van der Waals surface area contributed by atoms with Crippen LogP contribution in [0.4, 0.5) is 5.82 Å². The molecule has 1 aliphatic rings. The van der Waals surface area contributed by atoms with Crippen LogP contribution in [0.2, 0.25) is 0 Å². The van der Waals surface area contributed by atoms with Gasteiger partial charge in [0.2, 0.25) is 0 Å². The van der Waals surface area contributed by atoms with E-state index in [4.69, 9.17) is 10.7 Å². The molecule has 22 heavy (non-hydrogen) atoms. The van der Waals surface area contributed by atoms with Gasteiger partial charge in [0, 0.05) is 39.3 Å². The molecule has 7 heteroatoms. The van der Waals surface area contributed by atoms with Crippen molar-refractivity contribution in [2.75, 3.05) is 23.8 Å². The van der Waals surface area contributed by atoms with E-state index in [2.05, 4.69) is 37.6 Å². The van der Waals surface area contributed by atoms with E-state index in [1.807, 2.05) is 0 Å². The lowest BCUT2D eigenvalue weighted by molar-refractivity contribution is 0.130. The van der Waals surface area contributed by atoms with Crippen molar-refractivity contribution in [3.05, 3.63) is 16.3 Å². The predicted octanol–water partition coefficient (Wildman–Crippen LogP) is 2.23. The first-order chi connectivity index (χ1) is 10.3. The Hall–Kier alpha value is -1.05. The van der Waals surface area contributed by atoms with Gasteiger partial charge < -0.3 is 5.73 Å². The van der Waals surface area contributed by atoms with Crippen molar-refractivity contribution in [1.82, 2.24) is 14.9 Å². The molecule has 2 N–H and O–H groups in total. The summed E-state index contributed by atoms with van der Waals surface area (Å²) in [5.74, 6) is 2.74. The maximum Gasteiger partial charge on any atom is 0.146 e. The lowest BCUT2D eigenvalue weighted by Crippen LogP contribution is -2.53. The largest absolute Gasteiger partial charge is 0.383 e. The molecule has 0 amide bonds. The summed E-state index contributed by atoms with van der Waals surface area (Å²) in [6.07, 6.45) is 0. The Balaban J connectivity index is 1.93. The Morgan fingerprint density at radius 1 is 1.36 bits per heavy atom. The van der Waals surface area contributed by atoms with Gasteiger partial charge in [0.25, 0.3) is 0 Å². The van der Waals surface area contributed by atoms with Gasteiger partial charge in [-0.1, -0.05) is 0 Å². The molecule has 0 saturated carbocycles. The van der Waals surface area contributed by atoms with Gasteiger partial charge in [0.1, 0.15) is 16.5 Å². The van der Waals surface area contributed by atoms with E-state index in [-0.39, 0.29) is 5.54 Å². The molecule has 2 aromatic rings. The predicted molar refractivity (Wildman–Crippen MR) is 93.7 cm³/mol. The minimum atomic E-state index is -0.720. The van der Waals surface area contributed by atoms with Gasteiger partial charge in [0.05, 0.1) is 11.9 Å². The summed E-state index contributed by atoms with van der Waals surface area (Å²) in [6.45, 7) is 9.88. The van der Waals surface area contributed by atoms with E-state index in [0.717, 1.165) is 28.3 Å². The summed E-state index contributed by atoms with van der Waals surface area (Å²) < 4.78 is 11.8. The number of hydrogen-bond acceptors (Lipinski definition) is 6. The smallest absolute Gasteiger partial charge is 0.146 e. The van der Waals surface area contributed by atoms with Gasteiger partial charge >= 0.3 is 0 Å². The highest BCUT2D eigenvalue weighted by Gasteiger charge is 2.33. The van der Waals surface area contributed by atoms with Gasteiger partial charge in [-0.25, -0.2) is 9.97 Å². The minimum Gasteiger partial charge on any atom is -0.383 e. The Bertz CT molecular complexity index is 754. The second kappa shape index (κ2) is 5.54. The van der Waals surface area contributed by atoms with Gasteiger partial charge in [-0.3, -0.25) is 9.11 Å². The van der Waals surface area contributed by atoms with Gasteiger partial charge in [-0.15, -0.1) is 11.3 Å². The minimum absolute atomic E-state index is 0.0997. The van der Waals surface area contributed by atoms with Crippen molar-refractivity contribution < 1.29 is 4.21 Å². The first-order valence-electron chi connectivity index (χ1n) is 7.40. The molecule has 0 aromatic carbocycles. The van der Waals surface area contributed by atoms with Crippen molar-refractivity contribution in [2.45, 2.75) is 39.8 Å². The van der Waals surface area contributed by atoms with Crippen LogP contribution >= 0.6 is 11.3 Å². The topological polar surface area (TPSA) is 72.1 Å². The number of aromatic nitrogens is 2. The maximum absolute atomic E-state index is 11.8. The number of fused-ring (bicyclic) bond motifs is 1. The number of nitrogens with two attached hydrogens (primary N) is 1. The van der Waals surface area contributed by atoms with Crippen molar-refractivity contribution >= 4 is 38.2 Å². The molecule has 0 bridgehead atoms. The fourth-order valence-corrected chi connectivity index (χ4v) is 5.53. The third-order valence-electron chi connectivity index (χ3n) is 4.39. The number of rotatable bonds is 2. The Morgan fingerprint density at radius 2 is 2.09 bits per heavy atom. The molecule has 120 valence electrons. The van der Waals surface area contributed by atoms with E-state index in [1.165, 1.54) is 10.4 Å². The zero-order valence-corrected chi connectivity index (χ0v) is 15.1. The summed E-state index contributed by atoms with van der Waals surface area (Å²) in [7, 11) is -0.720. The first kappa shape index (κ1) is 15.8. The Morgan fingerprint density at radius 3 is 2.77 bits per heavy atom. The number of nitrogens with zero attached hydrogens (tertiary/aromatic N) is 3. The summed E-state index contributed by atoms with van der Waals surface area (Å²) in [5, 5.41) is 0.991. The molecule has 1 aliphatic heterocycles. The van der Waals surface area contributed by atoms with Crippen LogP contribution in [0.15, 0.2) is 0 Å². The van der Waals surface area contributed by atoms with Gasteiger partial charge in [-0.05, 0) is 33.3 Å². The second-order valence-corrected chi connectivity index (χ2v) is 9.29. The van der Waals surface area contributed by atoms with E-state index in [9.17, 15) is 4.21 Å². The third kappa shape index (κ3) is 2.77. The molecule has 1 atom stereocenters. The normalized spacial score (nSPS) is 22.3. The molecule has 0 spiro atoms. The van der Waals surface area contributed by atoms with E-state index >= 15 is 0 Å². The average molecular weight is 339 g/mol. The van der Waals surface area contributed by atoms with Crippen molar-refractivity contribution in [2.24, 2.45) is 0 Å². The summed E-state index contributed by atoms with van der Waals surface area (Å²) in [6, 6.07) is 0. The number of hydrogen-bond donors (Lipinski definition) is 1. The molecule has 0 aliphatic carbocycles. The number of thiophene rings is 1. The maximum atomic E-state index is 11.8. The SMILES string of the molecule is Cc1sc2nc(CN3CCS(=O)CC3(C)C)nc(N)c2c1C. The third-order valence-corrected chi connectivity index (χ3v) is 7.16. The quantitative estimate of drug-likeness (QED) is 0.909. The highest BCUT2D eigenvalue weighted by atomic mass is 32.2. The second-order valence-electron chi connectivity index (χ2n) is 6.51. The molecule has 1 fully saturated rings. The molecule has 1 unspecified atom stereocenters. The number of anilines is 1. The lowest BCUT2D eigenvalue weighted by atomic mass is 10.1. The summed E-state index contributed by atoms with van der Waals surface area (Å²) in [5.41, 5.74) is 7.23. The fourth-order valence-electron chi connectivity index (χ4n) is 2.93. The molecule has 3 rings (SSSR count). The van der Waals surface area contributed by atoms with Crippen LogP contribution in [0.3, 0.4) is 0 Å². The van der Waals surface area contributed by atoms with Gasteiger partial charge in [0.15, 0.2) is 0 Å². The molecular weight excluding hydrogens is 316 g/mol. The van der Waals surface area contributed by atoms with E-state index < -0.39 is 10.8 Å². The van der Waals surface area contributed by atoms with E-state index in [1.54, 1.807) is 11.3 Å². The lowest BCUT2D eigenvalue weighted by Gasteiger charge is -2.41. The van der Waals surface area contributed by atoms with Crippen LogP contribution in [-0.2, 0) is 17.3 Å². The average Bonchev–Trinajstić information content (AvgIpc) is 2.68. The zero-order chi connectivity index (χ0) is 16.1. The highest BCUT2D eigenvalue weighted by Crippen LogP contribution is 2.32. The molecule has 5 nitrogen and oxygen atoms in total. The van der Waals surface area contributed by atoms with Crippen molar-refractivity contribution in [3.8, 4) is 0 Å². The van der Waals surface area contributed by atoms with Crippen LogP contribution in [0, 0.1) is 13.8 Å². The first-order valence-corrected chi connectivity index (χ1v) is 9.70. The molecule has 0 radical (unpaired) electrons. The Labute approximate surface area is 137 Å². The number of nitrogen functional groups attached to an aromatic ring is 1. The van der Waals surface area contributed by atoms with Crippen LogP contribution in [0.5, 0.6) is 0 Å².